The number of ether oxygens (including phenoxy) is 1. The average Bonchev–Trinajstić information content (AvgIpc) is 3.62. The van der Waals surface area contributed by atoms with Gasteiger partial charge in [0.1, 0.15) is 11.6 Å². The number of hydrogen-bond acceptors (Lipinski definition) is 8. The van der Waals surface area contributed by atoms with Crippen molar-refractivity contribution in [2.45, 2.75) is 44.6 Å². The van der Waals surface area contributed by atoms with Crippen LogP contribution in [-0.4, -0.2) is 87.5 Å². The predicted octanol–water partition coefficient (Wildman–Crippen LogP) is 3.40. The molecule has 2 aromatic heterocycles. The number of halogens is 2. The van der Waals surface area contributed by atoms with Crippen molar-refractivity contribution >= 4 is 28.7 Å². The molecule has 214 valence electrons. The van der Waals surface area contributed by atoms with Crippen LogP contribution in [0.1, 0.15) is 44.4 Å². The number of hydrogen-bond donors (Lipinski definition) is 2. The van der Waals surface area contributed by atoms with Crippen LogP contribution in [0.4, 0.5) is 20.5 Å². The minimum Gasteiger partial charge on any atom is -0.396 e. The highest BCUT2D eigenvalue weighted by atomic mass is 19.3. The Balaban J connectivity index is 1.26. The lowest BCUT2D eigenvalue weighted by molar-refractivity contribution is -0.135. The summed E-state index contributed by atoms with van der Waals surface area (Å²) in [6.07, 6.45) is 1.40. The third-order valence-corrected chi connectivity index (χ3v) is 8.31. The van der Waals surface area contributed by atoms with E-state index in [2.05, 4.69) is 10.3 Å². The minimum absolute atomic E-state index is 0.0161. The molecule has 3 aromatic rings. The number of carbonyl (C=O) groups is 1. The van der Waals surface area contributed by atoms with Crippen LogP contribution in [0.25, 0.3) is 16.9 Å². The molecule has 0 bridgehead atoms. The van der Waals surface area contributed by atoms with E-state index in [-0.39, 0.29) is 30.3 Å². The number of aromatic nitrogens is 4. The van der Waals surface area contributed by atoms with E-state index < -0.39 is 6.43 Å². The largest absolute Gasteiger partial charge is 0.396 e. The molecule has 1 amide bonds. The second kappa shape index (κ2) is 11.6. The number of amides is 1. The first-order valence-electron chi connectivity index (χ1n) is 14.1. The number of imidazole rings is 1. The van der Waals surface area contributed by atoms with Crippen LogP contribution in [-0.2, 0) is 9.53 Å². The molecule has 40 heavy (non-hydrogen) atoms. The van der Waals surface area contributed by atoms with Gasteiger partial charge in [-0.2, -0.15) is 9.97 Å². The Bertz CT molecular complexity index is 1340. The minimum atomic E-state index is -2.78. The molecule has 0 radical (unpaired) electrons. The summed E-state index contributed by atoms with van der Waals surface area (Å²) < 4.78 is 35.2. The molecular weight excluding hydrogens is 520 g/mol. The normalized spacial score (nSPS) is 23.8. The zero-order valence-corrected chi connectivity index (χ0v) is 22.4. The summed E-state index contributed by atoms with van der Waals surface area (Å²) in [4.78, 5) is 30.8. The third-order valence-electron chi connectivity index (χ3n) is 8.31. The summed E-state index contributed by atoms with van der Waals surface area (Å²) in [5, 5.41) is 12.9. The van der Waals surface area contributed by atoms with E-state index >= 15 is 0 Å². The number of fused-ring (bicyclic) bond motifs is 1. The number of likely N-dealkylation sites (tertiary alicyclic amines) is 1. The summed E-state index contributed by atoms with van der Waals surface area (Å²) in [7, 11) is 0. The first-order valence-corrected chi connectivity index (χ1v) is 14.1. The van der Waals surface area contributed by atoms with Crippen LogP contribution < -0.4 is 10.2 Å². The van der Waals surface area contributed by atoms with Gasteiger partial charge in [0.15, 0.2) is 5.82 Å². The van der Waals surface area contributed by atoms with E-state index in [4.69, 9.17) is 14.7 Å². The van der Waals surface area contributed by atoms with Crippen molar-refractivity contribution < 1.29 is 23.4 Å². The highest BCUT2D eigenvalue weighted by Gasteiger charge is 2.33. The number of nitrogens with zero attached hydrogens (tertiary/aromatic N) is 6. The molecule has 2 aliphatic heterocycles. The number of aliphatic hydroxyl groups excluding tert-OH is 1. The molecule has 6 rings (SSSR count). The fourth-order valence-corrected chi connectivity index (χ4v) is 6.08. The molecule has 10 nitrogen and oxygen atoms in total. The maximum Gasteiger partial charge on any atom is 0.296 e. The van der Waals surface area contributed by atoms with E-state index in [1.165, 1.54) is 4.57 Å². The van der Waals surface area contributed by atoms with Gasteiger partial charge in [-0.1, -0.05) is 12.1 Å². The maximum atomic E-state index is 14.1. The summed E-state index contributed by atoms with van der Waals surface area (Å²) in [5.41, 5.74) is 1.01. The van der Waals surface area contributed by atoms with Gasteiger partial charge in [-0.05, 0) is 50.2 Å². The molecule has 1 aliphatic carbocycles. The molecule has 0 spiro atoms. The van der Waals surface area contributed by atoms with Crippen molar-refractivity contribution in [2.24, 2.45) is 11.8 Å². The van der Waals surface area contributed by atoms with E-state index in [1.807, 2.05) is 9.80 Å². The van der Waals surface area contributed by atoms with E-state index in [0.29, 0.717) is 73.9 Å². The SMILES string of the molecule is O=C(C1CCC(CO)CC1)N1CC[C@H](Nc2cc(-n3c(C(F)F)nc4ccccc43)nc(N3CCOCC3)n2)C1. The van der Waals surface area contributed by atoms with Crippen LogP contribution in [0.3, 0.4) is 0 Å². The first kappa shape index (κ1) is 26.8. The average molecular weight is 556 g/mol. The second-order valence-electron chi connectivity index (χ2n) is 10.9. The number of rotatable bonds is 7. The van der Waals surface area contributed by atoms with Gasteiger partial charge in [-0.25, -0.2) is 13.8 Å². The van der Waals surface area contributed by atoms with Gasteiger partial charge in [0.2, 0.25) is 11.9 Å². The summed E-state index contributed by atoms with van der Waals surface area (Å²) in [5.74, 6) is 1.41. The zero-order chi connectivity index (χ0) is 27.6. The van der Waals surface area contributed by atoms with Crippen LogP contribution >= 0.6 is 0 Å². The van der Waals surface area contributed by atoms with Gasteiger partial charge in [-0.15, -0.1) is 0 Å². The molecule has 3 aliphatic rings. The Morgan fingerprint density at radius 2 is 1.82 bits per heavy atom. The fourth-order valence-electron chi connectivity index (χ4n) is 6.08. The van der Waals surface area contributed by atoms with Crippen LogP contribution in [0.2, 0.25) is 0 Å². The van der Waals surface area contributed by atoms with Gasteiger partial charge in [0, 0.05) is 50.8 Å². The Hall–Kier alpha value is -3.38. The standard InChI is InChI=1S/C28H35F2N7O3/c29-25(30)26-32-21-3-1-2-4-22(21)37(26)24-15-23(33-28(34-24)35-11-13-40-14-12-35)31-20-9-10-36(16-20)27(39)19-7-5-18(17-38)6-8-19/h1-4,15,18-20,25,38H,5-14,16-17H2,(H,31,33,34)/t18?,19?,20-/m0/s1. The lowest BCUT2D eigenvalue weighted by Crippen LogP contribution is -2.38. The molecule has 1 atom stereocenters. The number of para-hydroxylation sites is 2. The molecule has 12 heteroatoms. The molecule has 2 saturated heterocycles. The second-order valence-corrected chi connectivity index (χ2v) is 10.9. The quantitative estimate of drug-likeness (QED) is 0.457. The first-order chi connectivity index (χ1) is 19.5. The van der Waals surface area contributed by atoms with Crippen molar-refractivity contribution in [1.29, 1.82) is 0 Å². The van der Waals surface area contributed by atoms with Crippen LogP contribution in [0.15, 0.2) is 30.3 Å². The van der Waals surface area contributed by atoms with E-state index in [0.717, 1.165) is 32.1 Å². The van der Waals surface area contributed by atoms with Crippen molar-refractivity contribution in [3.05, 3.63) is 36.2 Å². The molecule has 1 saturated carbocycles. The van der Waals surface area contributed by atoms with Gasteiger partial charge in [0.05, 0.1) is 24.2 Å². The fraction of sp³-hybridized carbons (Fsp3) is 0.571. The lowest BCUT2D eigenvalue weighted by atomic mass is 9.82. The number of carbonyl (C=O) groups excluding carboxylic acids is 1. The maximum absolute atomic E-state index is 14.1. The van der Waals surface area contributed by atoms with Crippen molar-refractivity contribution in [2.75, 3.05) is 56.2 Å². The van der Waals surface area contributed by atoms with Gasteiger partial charge in [-0.3, -0.25) is 9.36 Å². The van der Waals surface area contributed by atoms with Crippen LogP contribution in [0.5, 0.6) is 0 Å². The Labute approximate surface area is 231 Å². The van der Waals surface area contributed by atoms with Gasteiger partial charge >= 0.3 is 0 Å². The summed E-state index contributed by atoms with van der Waals surface area (Å²) in [6, 6.07) is 8.69. The van der Waals surface area contributed by atoms with Crippen LogP contribution in [0, 0.1) is 11.8 Å². The summed E-state index contributed by atoms with van der Waals surface area (Å²) >= 11 is 0. The van der Waals surface area contributed by atoms with E-state index in [1.54, 1.807) is 30.3 Å². The van der Waals surface area contributed by atoms with Crippen molar-refractivity contribution in [3.8, 4) is 5.82 Å². The summed E-state index contributed by atoms with van der Waals surface area (Å²) in [6.45, 7) is 3.67. The zero-order valence-electron chi connectivity index (χ0n) is 22.4. The van der Waals surface area contributed by atoms with Gasteiger partial charge < -0.3 is 25.0 Å². The molecule has 0 unspecified atom stereocenters. The number of nitrogens with one attached hydrogen (secondary N) is 1. The smallest absolute Gasteiger partial charge is 0.296 e. The number of alkyl halides is 2. The highest BCUT2D eigenvalue weighted by molar-refractivity contribution is 5.79. The third kappa shape index (κ3) is 5.46. The van der Waals surface area contributed by atoms with Crippen molar-refractivity contribution in [3.63, 3.8) is 0 Å². The monoisotopic (exact) mass is 555 g/mol. The number of anilines is 2. The highest BCUT2D eigenvalue weighted by Crippen LogP contribution is 2.32. The predicted molar refractivity (Wildman–Crippen MR) is 146 cm³/mol. The van der Waals surface area contributed by atoms with E-state index in [9.17, 15) is 18.7 Å². The topological polar surface area (TPSA) is 109 Å². The molecule has 3 fully saturated rings. The molecular formula is C28H35F2N7O3. The molecule has 1 aromatic carbocycles. The lowest BCUT2D eigenvalue weighted by Gasteiger charge is -2.30. The Kier molecular flexibility index (Phi) is 7.79. The molecule has 2 N–H and O–H groups in total. The number of morpholine rings is 1. The van der Waals surface area contributed by atoms with Crippen molar-refractivity contribution in [1.82, 2.24) is 24.4 Å². The Morgan fingerprint density at radius 1 is 1.05 bits per heavy atom. The van der Waals surface area contributed by atoms with Gasteiger partial charge in [0.25, 0.3) is 6.43 Å². The Morgan fingerprint density at radius 3 is 2.58 bits per heavy atom. The number of benzene rings is 1. The number of aliphatic hydroxyl groups is 1. The molecule has 4 heterocycles.